The first-order valence-corrected chi connectivity index (χ1v) is 4.92. The standard InChI is InChI=1S/C10H22N4O/c1-9(2,3)14-8(12)13-6-10(4,5)7(11)15/h6H2,1-5H3,(H2,11,15)(H3,12,13,14). The number of nitrogens with zero attached hydrogens (tertiary/aromatic N) is 1. The summed E-state index contributed by atoms with van der Waals surface area (Å²) in [5, 5.41) is 3.01. The molecule has 0 spiro atoms. The van der Waals surface area contributed by atoms with Crippen molar-refractivity contribution in [1.82, 2.24) is 5.32 Å². The quantitative estimate of drug-likeness (QED) is 0.463. The molecule has 5 nitrogen and oxygen atoms in total. The van der Waals surface area contributed by atoms with Crippen LogP contribution in [0.1, 0.15) is 34.6 Å². The van der Waals surface area contributed by atoms with Gasteiger partial charge in [-0.3, -0.25) is 9.79 Å². The van der Waals surface area contributed by atoms with E-state index in [1.165, 1.54) is 0 Å². The average Bonchev–Trinajstić information content (AvgIpc) is 1.97. The van der Waals surface area contributed by atoms with Crippen LogP contribution in [0.25, 0.3) is 0 Å². The summed E-state index contributed by atoms with van der Waals surface area (Å²) in [5.41, 5.74) is 10.1. The lowest BCUT2D eigenvalue weighted by Crippen LogP contribution is -2.45. The van der Waals surface area contributed by atoms with Crippen molar-refractivity contribution in [3.8, 4) is 0 Å². The molecule has 0 bridgehead atoms. The number of nitrogens with one attached hydrogen (secondary N) is 1. The first-order valence-electron chi connectivity index (χ1n) is 4.92. The van der Waals surface area contributed by atoms with E-state index in [4.69, 9.17) is 11.5 Å². The molecule has 5 N–H and O–H groups in total. The summed E-state index contributed by atoms with van der Waals surface area (Å²) >= 11 is 0. The maximum Gasteiger partial charge on any atom is 0.224 e. The lowest BCUT2D eigenvalue weighted by molar-refractivity contribution is -0.125. The average molecular weight is 214 g/mol. The van der Waals surface area contributed by atoms with Crippen LogP contribution in [0.3, 0.4) is 0 Å². The molecule has 0 aromatic carbocycles. The fourth-order valence-corrected chi connectivity index (χ4v) is 0.784. The predicted molar refractivity (Wildman–Crippen MR) is 62.4 cm³/mol. The third-order valence-electron chi connectivity index (χ3n) is 1.81. The first-order chi connectivity index (χ1) is 6.54. The molecule has 0 radical (unpaired) electrons. The summed E-state index contributed by atoms with van der Waals surface area (Å²) in [6.07, 6.45) is 0. The number of amides is 1. The van der Waals surface area contributed by atoms with Crippen LogP contribution >= 0.6 is 0 Å². The van der Waals surface area contributed by atoms with Crippen molar-refractivity contribution in [2.24, 2.45) is 21.9 Å². The van der Waals surface area contributed by atoms with Crippen molar-refractivity contribution >= 4 is 11.9 Å². The van der Waals surface area contributed by atoms with Crippen LogP contribution in [0, 0.1) is 5.41 Å². The van der Waals surface area contributed by atoms with Gasteiger partial charge in [-0.2, -0.15) is 0 Å². The number of hydrogen-bond donors (Lipinski definition) is 3. The van der Waals surface area contributed by atoms with Gasteiger partial charge in [0.2, 0.25) is 5.91 Å². The van der Waals surface area contributed by atoms with Gasteiger partial charge in [-0.15, -0.1) is 0 Å². The fourth-order valence-electron chi connectivity index (χ4n) is 0.784. The molecule has 1 amide bonds. The molecule has 0 atom stereocenters. The molecule has 0 fully saturated rings. The molecule has 0 rings (SSSR count). The van der Waals surface area contributed by atoms with E-state index in [1.807, 2.05) is 20.8 Å². The zero-order chi connectivity index (χ0) is 12.3. The van der Waals surface area contributed by atoms with Crippen LogP contribution < -0.4 is 16.8 Å². The van der Waals surface area contributed by atoms with E-state index in [0.29, 0.717) is 5.96 Å². The van der Waals surface area contributed by atoms with Gasteiger partial charge >= 0.3 is 0 Å². The maximum absolute atomic E-state index is 11.0. The molecule has 0 unspecified atom stereocenters. The van der Waals surface area contributed by atoms with E-state index < -0.39 is 5.41 Å². The molecule has 0 saturated carbocycles. The molecule has 15 heavy (non-hydrogen) atoms. The van der Waals surface area contributed by atoms with Crippen LogP contribution in [0.2, 0.25) is 0 Å². The highest BCUT2D eigenvalue weighted by atomic mass is 16.1. The number of hydrogen-bond acceptors (Lipinski definition) is 2. The van der Waals surface area contributed by atoms with E-state index in [9.17, 15) is 4.79 Å². The zero-order valence-electron chi connectivity index (χ0n) is 10.2. The third kappa shape index (κ3) is 5.93. The lowest BCUT2D eigenvalue weighted by atomic mass is 9.93. The Kier molecular flexibility index (Phi) is 4.13. The van der Waals surface area contributed by atoms with Crippen molar-refractivity contribution < 1.29 is 4.79 Å². The summed E-state index contributed by atoms with van der Waals surface area (Å²) in [5.74, 6) is -0.0494. The fraction of sp³-hybridized carbons (Fsp3) is 0.800. The van der Waals surface area contributed by atoms with E-state index in [2.05, 4.69) is 10.3 Å². The number of guanidine groups is 1. The molecular formula is C10H22N4O. The van der Waals surface area contributed by atoms with Gasteiger partial charge < -0.3 is 16.8 Å². The van der Waals surface area contributed by atoms with Gasteiger partial charge in [0.1, 0.15) is 0 Å². The molecule has 0 aliphatic rings. The van der Waals surface area contributed by atoms with Crippen LogP contribution in [-0.4, -0.2) is 24.0 Å². The largest absolute Gasteiger partial charge is 0.370 e. The van der Waals surface area contributed by atoms with Gasteiger partial charge in [0.05, 0.1) is 12.0 Å². The Labute approximate surface area is 91.3 Å². The number of carbonyl (C=O) groups is 1. The normalized spacial score (nSPS) is 13.8. The predicted octanol–water partition coefficient (Wildman–Crippen LogP) is 0.201. The lowest BCUT2D eigenvalue weighted by Gasteiger charge is -2.22. The Morgan fingerprint density at radius 3 is 2.00 bits per heavy atom. The summed E-state index contributed by atoms with van der Waals surface area (Å²) in [6, 6.07) is 0. The Hall–Kier alpha value is -1.26. The third-order valence-corrected chi connectivity index (χ3v) is 1.81. The molecule has 0 aliphatic carbocycles. The minimum absolute atomic E-state index is 0.134. The van der Waals surface area contributed by atoms with E-state index in [1.54, 1.807) is 13.8 Å². The Balaban J connectivity index is 4.35. The zero-order valence-corrected chi connectivity index (χ0v) is 10.2. The second-order valence-corrected chi connectivity index (χ2v) is 5.32. The molecule has 5 heteroatoms. The van der Waals surface area contributed by atoms with E-state index >= 15 is 0 Å². The second-order valence-electron chi connectivity index (χ2n) is 5.32. The number of primary amides is 1. The van der Waals surface area contributed by atoms with Gasteiger partial charge in [0.15, 0.2) is 5.96 Å². The smallest absolute Gasteiger partial charge is 0.224 e. The minimum Gasteiger partial charge on any atom is -0.370 e. The summed E-state index contributed by atoms with van der Waals surface area (Å²) < 4.78 is 0. The van der Waals surface area contributed by atoms with Crippen molar-refractivity contribution in [3.05, 3.63) is 0 Å². The van der Waals surface area contributed by atoms with Crippen molar-refractivity contribution in [1.29, 1.82) is 0 Å². The first kappa shape index (κ1) is 13.7. The van der Waals surface area contributed by atoms with Gasteiger partial charge in [0, 0.05) is 5.54 Å². The van der Waals surface area contributed by atoms with Crippen molar-refractivity contribution in [2.45, 2.75) is 40.2 Å². The monoisotopic (exact) mass is 214 g/mol. The van der Waals surface area contributed by atoms with Crippen molar-refractivity contribution in [2.75, 3.05) is 6.54 Å². The Morgan fingerprint density at radius 2 is 1.67 bits per heavy atom. The van der Waals surface area contributed by atoms with Crippen LogP contribution in [0.5, 0.6) is 0 Å². The van der Waals surface area contributed by atoms with Crippen LogP contribution in [0.4, 0.5) is 0 Å². The van der Waals surface area contributed by atoms with Gasteiger partial charge in [0.25, 0.3) is 0 Å². The Bertz CT molecular complexity index is 263. The van der Waals surface area contributed by atoms with E-state index in [0.717, 1.165) is 0 Å². The highest BCUT2D eigenvalue weighted by Crippen LogP contribution is 2.13. The molecule has 0 aliphatic heterocycles. The van der Waals surface area contributed by atoms with E-state index in [-0.39, 0.29) is 18.0 Å². The highest BCUT2D eigenvalue weighted by Gasteiger charge is 2.24. The minimum atomic E-state index is -0.663. The molecular weight excluding hydrogens is 192 g/mol. The number of aliphatic imine (C=N–C) groups is 1. The van der Waals surface area contributed by atoms with Gasteiger partial charge in [-0.05, 0) is 34.6 Å². The summed E-state index contributed by atoms with van der Waals surface area (Å²) in [6.45, 7) is 9.71. The molecule has 88 valence electrons. The SMILES string of the molecule is CC(C)(C)NC(N)=NCC(C)(C)C(N)=O. The Morgan fingerprint density at radius 1 is 1.20 bits per heavy atom. The van der Waals surface area contributed by atoms with Crippen molar-refractivity contribution in [3.63, 3.8) is 0 Å². The second kappa shape index (κ2) is 4.51. The van der Waals surface area contributed by atoms with Gasteiger partial charge in [-0.25, -0.2) is 0 Å². The molecule has 0 heterocycles. The topological polar surface area (TPSA) is 93.5 Å². The number of carbonyl (C=O) groups excluding carboxylic acids is 1. The highest BCUT2D eigenvalue weighted by molar-refractivity contribution is 5.82. The summed E-state index contributed by atoms with van der Waals surface area (Å²) in [4.78, 5) is 15.1. The maximum atomic E-state index is 11.0. The number of nitrogens with two attached hydrogens (primary N) is 2. The summed E-state index contributed by atoms with van der Waals surface area (Å²) in [7, 11) is 0. The molecule has 0 saturated heterocycles. The van der Waals surface area contributed by atoms with Gasteiger partial charge in [-0.1, -0.05) is 0 Å². The van der Waals surface area contributed by atoms with Crippen LogP contribution in [0.15, 0.2) is 4.99 Å². The number of rotatable bonds is 3. The molecule has 0 aromatic heterocycles. The van der Waals surface area contributed by atoms with Crippen LogP contribution in [-0.2, 0) is 4.79 Å². The molecule has 0 aromatic rings.